The molecule has 1 aromatic heterocycles. The molecule has 35 heavy (non-hydrogen) atoms. The molecule has 3 aromatic carbocycles. The van der Waals surface area contributed by atoms with Crippen LogP contribution in [0.2, 0.25) is 0 Å². The van der Waals surface area contributed by atoms with Crippen molar-refractivity contribution >= 4 is 34.1 Å². The van der Waals surface area contributed by atoms with Gasteiger partial charge in [-0.05, 0) is 60.7 Å². The molecule has 0 spiro atoms. The zero-order valence-corrected chi connectivity index (χ0v) is 19.6. The van der Waals surface area contributed by atoms with Gasteiger partial charge in [-0.25, -0.2) is 0 Å². The summed E-state index contributed by atoms with van der Waals surface area (Å²) in [5, 5.41) is 6.71. The van der Waals surface area contributed by atoms with Crippen molar-refractivity contribution in [3.63, 3.8) is 0 Å². The van der Waals surface area contributed by atoms with Crippen LogP contribution < -0.4 is 20.1 Å². The number of anilines is 2. The first-order chi connectivity index (χ1) is 17.1. The van der Waals surface area contributed by atoms with Crippen LogP contribution in [0.15, 0.2) is 79.0 Å². The number of rotatable bonds is 10. The average Bonchev–Trinajstić information content (AvgIpc) is 3.28. The number of amides is 2. The molecule has 0 bridgehead atoms. The Kier molecular flexibility index (Phi) is 7.64. The number of nitrogens with zero attached hydrogens (tertiary/aromatic N) is 1. The summed E-state index contributed by atoms with van der Waals surface area (Å²) >= 11 is 0. The summed E-state index contributed by atoms with van der Waals surface area (Å²) in [7, 11) is 3.24. The lowest BCUT2D eigenvalue weighted by Gasteiger charge is -2.10. The van der Waals surface area contributed by atoms with Gasteiger partial charge in [-0.15, -0.1) is 0 Å². The molecule has 4 rings (SSSR count). The molecule has 8 nitrogen and oxygen atoms in total. The van der Waals surface area contributed by atoms with E-state index in [1.807, 2.05) is 30.5 Å². The number of ether oxygens (including phenoxy) is 3. The molecule has 2 amide bonds. The number of hydrogen-bond donors (Lipinski definition) is 2. The van der Waals surface area contributed by atoms with Crippen molar-refractivity contribution in [2.45, 2.75) is 6.54 Å². The van der Waals surface area contributed by atoms with Crippen LogP contribution in [-0.4, -0.2) is 43.8 Å². The molecule has 0 saturated heterocycles. The number of fused-ring (bicyclic) bond motifs is 1. The van der Waals surface area contributed by atoms with Gasteiger partial charge in [0.15, 0.2) is 6.61 Å². The summed E-state index contributed by atoms with van der Waals surface area (Å²) < 4.78 is 17.9. The van der Waals surface area contributed by atoms with E-state index in [1.165, 1.54) is 0 Å². The van der Waals surface area contributed by atoms with E-state index in [0.29, 0.717) is 35.0 Å². The highest BCUT2D eigenvalue weighted by Gasteiger charge is 2.09. The molecule has 180 valence electrons. The molecule has 0 unspecified atom stereocenters. The van der Waals surface area contributed by atoms with E-state index in [4.69, 9.17) is 14.2 Å². The predicted molar refractivity (Wildman–Crippen MR) is 135 cm³/mol. The van der Waals surface area contributed by atoms with Crippen LogP contribution in [0.4, 0.5) is 11.4 Å². The summed E-state index contributed by atoms with van der Waals surface area (Å²) in [4.78, 5) is 24.8. The van der Waals surface area contributed by atoms with Crippen LogP contribution in [-0.2, 0) is 16.1 Å². The zero-order valence-electron chi connectivity index (χ0n) is 19.6. The fraction of sp³-hybridized carbons (Fsp3) is 0.185. The van der Waals surface area contributed by atoms with Crippen molar-refractivity contribution in [1.29, 1.82) is 0 Å². The molecule has 0 aliphatic heterocycles. The first-order valence-electron chi connectivity index (χ1n) is 11.1. The molecule has 1 heterocycles. The quantitative estimate of drug-likeness (QED) is 0.352. The highest BCUT2D eigenvalue weighted by Crippen LogP contribution is 2.22. The van der Waals surface area contributed by atoms with Crippen molar-refractivity contribution < 1.29 is 23.8 Å². The smallest absolute Gasteiger partial charge is 0.262 e. The fourth-order valence-corrected chi connectivity index (χ4v) is 3.62. The molecule has 0 atom stereocenters. The van der Waals surface area contributed by atoms with Crippen molar-refractivity contribution in [2.75, 3.05) is 38.1 Å². The molecule has 0 aliphatic rings. The monoisotopic (exact) mass is 473 g/mol. The van der Waals surface area contributed by atoms with Gasteiger partial charge in [-0.3, -0.25) is 9.59 Å². The topological polar surface area (TPSA) is 90.8 Å². The molecule has 8 heteroatoms. The lowest BCUT2D eigenvalue weighted by Crippen LogP contribution is -2.20. The van der Waals surface area contributed by atoms with Gasteiger partial charge < -0.3 is 29.4 Å². The normalized spacial score (nSPS) is 10.7. The standard InChI is InChI=1S/C27H27N3O5/c1-33-15-14-30-13-12-20-16-22(8-11-25(20)30)29-27(32)19-6-9-23(10-7-19)35-18-26(31)28-21-4-3-5-24(17-21)34-2/h3-13,16-17H,14-15,18H2,1-2H3,(H,28,31)(H,29,32). The molecular formula is C27H27N3O5. The Labute approximate surface area is 203 Å². The van der Waals surface area contributed by atoms with Crippen molar-refractivity contribution in [1.82, 2.24) is 4.57 Å². The SMILES string of the molecule is COCCn1ccc2cc(NC(=O)c3ccc(OCC(=O)Nc4cccc(OC)c4)cc3)ccc21. The van der Waals surface area contributed by atoms with Crippen LogP contribution in [0.5, 0.6) is 11.5 Å². The first kappa shape index (κ1) is 23.8. The number of aromatic nitrogens is 1. The number of benzene rings is 3. The van der Waals surface area contributed by atoms with E-state index in [2.05, 4.69) is 15.2 Å². The van der Waals surface area contributed by atoms with Crippen LogP contribution in [0.25, 0.3) is 10.9 Å². The lowest BCUT2D eigenvalue weighted by atomic mass is 10.2. The molecule has 2 N–H and O–H groups in total. The van der Waals surface area contributed by atoms with Gasteiger partial charge in [0.2, 0.25) is 0 Å². The largest absolute Gasteiger partial charge is 0.497 e. The van der Waals surface area contributed by atoms with Crippen LogP contribution >= 0.6 is 0 Å². The first-order valence-corrected chi connectivity index (χ1v) is 11.1. The third kappa shape index (κ3) is 6.18. The van der Waals surface area contributed by atoms with Gasteiger partial charge in [-0.2, -0.15) is 0 Å². The second kappa shape index (κ2) is 11.2. The Morgan fingerprint density at radius 3 is 2.43 bits per heavy atom. The summed E-state index contributed by atoms with van der Waals surface area (Å²) in [5.74, 6) is 0.608. The average molecular weight is 474 g/mol. The Bertz CT molecular complexity index is 1310. The minimum Gasteiger partial charge on any atom is -0.497 e. The minimum atomic E-state index is -0.300. The Hall–Kier alpha value is -4.30. The lowest BCUT2D eigenvalue weighted by molar-refractivity contribution is -0.118. The van der Waals surface area contributed by atoms with Gasteiger partial charge in [0.05, 0.1) is 13.7 Å². The maximum atomic E-state index is 12.7. The number of hydrogen-bond acceptors (Lipinski definition) is 5. The third-order valence-electron chi connectivity index (χ3n) is 5.41. The van der Waals surface area contributed by atoms with E-state index in [-0.39, 0.29) is 18.4 Å². The molecule has 0 fully saturated rings. The maximum absolute atomic E-state index is 12.7. The van der Waals surface area contributed by atoms with Crippen LogP contribution in [0, 0.1) is 0 Å². The zero-order chi connectivity index (χ0) is 24.6. The number of nitrogens with one attached hydrogen (secondary N) is 2. The Balaban J connectivity index is 1.31. The van der Waals surface area contributed by atoms with Crippen molar-refractivity contribution in [3.8, 4) is 11.5 Å². The van der Waals surface area contributed by atoms with E-state index in [9.17, 15) is 9.59 Å². The highest BCUT2D eigenvalue weighted by molar-refractivity contribution is 6.05. The van der Waals surface area contributed by atoms with Crippen molar-refractivity contribution in [2.24, 2.45) is 0 Å². The molecule has 0 saturated carbocycles. The predicted octanol–water partition coefficient (Wildman–Crippen LogP) is 4.57. The minimum absolute atomic E-state index is 0.160. The van der Waals surface area contributed by atoms with Crippen molar-refractivity contribution in [3.05, 3.63) is 84.6 Å². The van der Waals surface area contributed by atoms with E-state index < -0.39 is 0 Å². The van der Waals surface area contributed by atoms with Crippen LogP contribution in [0.3, 0.4) is 0 Å². The van der Waals surface area contributed by atoms with Gasteiger partial charge in [-0.1, -0.05) is 6.07 Å². The molecule has 4 aromatic rings. The van der Waals surface area contributed by atoms with Crippen LogP contribution in [0.1, 0.15) is 10.4 Å². The highest BCUT2D eigenvalue weighted by atomic mass is 16.5. The van der Waals surface area contributed by atoms with Gasteiger partial charge >= 0.3 is 0 Å². The maximum Gasteiger partial charge on any atom is 0.262 e. The molecule has 0 aliphatic carbocycles. The fourth-order valence-electron chi connectivity index (χ4n) is 3.62. The van der Waals surface area contributed by atoms with E-state index in [0.717, 1.165) is 17.4 Å². The number of methoxy groups -OCH3 is 2. The summed E-state index contributed by atoms with van der Waals surface area (Å²) in [5.41, 5.74) is 2.89. The summed E-state index contributed by atoms with van der Waals surface area (Å²) in [6.07, 6.45) is 2.00. The van der Waals surface area contributed by atoms with Gasteiger partial charge in [0.1, 0.15) is 11.5 Å². The second-order valence-electron chi connectivity index (χ2n) is 7.82. The Morgan fingerprint density at radius 2 is 1.66 bits per heavy atom. The third-order valence-corrected chi connectivity index (χ3v) is 5.41. The summed E-state index contributed by atoms with van der Waals surface area (Å²) in [6, 6.07) is 21.5. The van der Waals surface area contributed by atoms with Gasteiger partial charge in [0.25, 0.3) is 11.8 Å². The summed E-state index contributed by atoms with van der Waals surface area (Å²) in [6.45, 7) is 1.24. The molecule has 0 radical (unpaired) electrons. The molecular weight excluding hydrogens is 446 g/mol. The number of carbonyl (C=O) groups is 2. The van der Waals surface area contributed by atoms with Gasteiger partial charge in [0, 0.05) is 53.8 Å². The second-order valence-corrected chi connectivity index (χ2v) is 7.82. The Morgan fingerprint density at radius 1 is 0.857 bits per heavy atom. The van der Waals surface area contributed by atoms with E-state index in [1.54, 1.807) is 62.8 Å². The van der Waals surface area contributed by atoms with E-state index >= 15 is 0 Å². The number of carbonyl (C=O) groups excluding carboxylic acids is 2.